The molecule has 3 rings (SSSR count). The smallest absolute Gasteiger partial charge is 0.247 e. The zero-order chi connectivity index (χ0) is 13.9. The molecule has 0 unspecified atom stereocenters. The van der Waals surface area contributed by atoms with Crippen molar-refractivity contribution >= 4 is 11.6 Å². The van der Waals surface area contributed by atoms with Gasteiger partial charge in [-0.3, -0.25) is 0 Å². The van der Waals surface area contributed by atoms with Gasteiger partial charge in [0.05, 0.1) is 0 Å². The summed E-state index contributed by atoms with van der Waals surface area (Å²) in [5.41, 5.74) is 1.93. The van der Waals surface area contributed by atoms with Gasteiger partial charge in [-0.1, -0.05) is 11.6 Å². The van der Waals surface area contributed by atoms with Crippen molar-refractivity contribution in [2.45, 2.75) is 38.6 Å². The number of nitrogens with one attached hydrogen (secondary N) is 1. The first kappa shape index (κ1) is 13.6. The van der Waals surface area contributed by atoms with Crippen LogP contribution in [-0.4, -0.2) is 22.8 Å². The summed E-state index contributed by atoms with van der Waals surface area (Å²) in [4.78, 5) is 0. The Morgan fingerprint density at radius 2 is 2.20 bits per heavy atom. The van der Waals surface area contributed by atoms with Crippen LogP contribution in [0.1, 0.15) is 30.7 Å². The van der Waals surface area contributed by atoms with E-state index in [9.17, 15) is 0 Å². The van der Waals surface area contributed by atoms with Gasteiger partial charge in [0.1, 0.15) is 0 Å². The number of rotatable bonds is 6. The zero-order valence-corrected chi connectivity index (χ0v) is 12.3. The van der Waals surface area contributed by atoms with Crippen molar-refractivity contribution in [3.05, 3.63) is 34.7 Å². The van der Waals surface area contributed by atoms with E-state index < -0.39 is 0 Å². The maximum atomic E-state index is 6.01. The molecule has 106 valence electrons. The van der Waals surface area contributed by atoms with Crippen LogP contribution in [0.15, 0.2) is 22.6 Å². The van der Waals surface area contributed by atoms with Crippen LogP contribution < -0.4 is 5.32 Å². The fraction of sp³-hybridized carbons (Fsp3) is 0.467. The third-order valence-electron chi connectivity index (χ3n) is 3.45. The highest BCUT2D eigenvalue weighted by Crippen LogP contribution is 2.24. The Hall–Kier alpha value is -1.39. The minimum atomic E-state index is 0.565. The van der Waals surface area contributed by atoms with E-state index in [-0.39, 0.29) is 0 Å². The molecule has 0 saturated heterocycles. The quantitative estimate of drug-likeness (QED) is 0.829. The summed E-state index contributed by atoms with van der Waals surface area (Å²) in [7, 11) is 0. The fourth-order valence-electron chi connectivity index (χ4n) is 2.08. The lowest BCUT2D eigenvalue weighted by Gasteiger charge is -2.00. The van der Waals surface area contributed by atoms with E-state index in [4.69, 9.17) is 16.0 Å². The predicted octanol–water partition coefficient (Wildman–Crippen LogP) is 3.38. The molecule has 4 nitrogen and oxygen atoms in total. The number of hydrogen-bond donors (Lipinski definition) is 1. The number of halogens is 1. The Bertz CT molecular complexity index is 593. The third kappa shape index (κ3) is 3.38. The van der Waals surface area contributed by atoms with Gasteiger partial charge in [-0.2, -0.15) is 0 Å². The molecule has 1 aromatic carbocycles. The number of hydrogen-bond acceptors (Lipinski definition) is 4. The third-order valence-corrected chi connectivity index (χ3v) is 3.87. The number of benzene rings is 1. The first-order valence-corrected chi connectivity index (χ1v) is 7.42. The first-order chi connectivity index (χ1) is 9.72. The SMILES string of the molecule is Cc1cc(-c2nnc(CCCNC3CC3)o2)ccc1Cl. The van der Waals surface area contributed by atoms with E-state index in [0.29, 0.717) is 11.8 Å². The van der Waals surface area contributed by atoms with Crippen molar-refractivity contribution in [3.63, 3.8) is 0 Å². The molecule has 5 heteroatoms. The molecule has 1 aliphatic carbocycles. The molecule has 1 aromatic heterocycles. The molecule has 1 heterocycles. The molecule has 1 aliphatic rings. The van der Waals surface area contributed by atoms with Gasteiger partial charge < -0.3 is 9.73 Å². The van der Waals surface area contributed by atoms with E-state index in [0.717, 1.165) is 41.6 Å². The van der Waals surface area contributed by atoms with Gasteiger partial charge in [0, 0.05) is 23.0 Å². The molecule has 0 radical (unpaired) electrons. The summed E-state index contributed by atoms with van der Waals surface area (Å²) in [6.07, 6.45) is 4.48. The molecule has 0 bridgehead atoms. The molecular formula is C15H18ClN3O. The summed E-state index contributed by atoms with van der Waals surface area (Å²) in [6, 6.07) is 6.48. The second-order valence-electron chi connectivity index (χ2n) is 5.30. The summed E-state index contributed by atoms with van der Waals surface area (Å²) in [6.45, 7) is 2.98. The summed E-state index contributed by atoms with van der Waals surface area (Å²) in [5, 5.41) is 12.4. The summed E-state index contributed by atoms with van der Waals surface area (Å²) >= 11 is 6.01. The second-order valence-corrected chi connectivity index (χ2v) is 5.70. The van der Waals surface area contributed by atoms with Crippen LogP contribution in [0.25, 0.3) is 11.5 Å². The van der Waals surface area contributed by atoms with E-state index in [2.05, 4.69) is 15.5 Å². The van der Waals surface area contributed by atoms with Crippen LogP contribution in [0.4, 0.5) is 0 Å². The van der Waals surface area contributed by atoms with Crippen molar-refractivity contribution in [1.82, 2.24) is 15.5 Å². The predicted molar refractivity (Wildman–Crippen MR) is 78.8 cm³/mol. The highest BCUT2D eigenvalue weighted by atomic mass is 35.5. The lowest BCUT2D eigenvalue weighted by Crippen LogP contribution is -2.17. The number of aryl methyl sites for hydroxylation is 2. The van der Waals surface area contributed by atoms with Crippen molar-refractivity contribution in [2.24, 2.45) is 0 Å². The van der Waals surface area contributed by atoms with Gasteiger partial charge >= 0.3 is 0 Å². The lowest BCUT2D eigenvalue weighted by atomic mass is 10.1. The van der Waals surface area contributed by atoms with Gasteiger partial charge in [0.15, 0.2) is 0 Å². The summed E-state index contributed by atoms with van der Waals surface area (Å²) in [5.74, 6) is 1.26. The molecule has 1 saturated carbocycles. The van der Waals surface area contributed by atoms with Gasteiger partial charge in [-0.05, 0) is 56.5 Å². The Morgan fingerprint density at radius 3 is 2.95 bits per heavy atom. The maximum absolute atomic E-state index is 6.01. The molecular weight excluding hydrogens is 274 g/mol. The highest BCUT2D eigenvalue weighted by molar-refractivity contribution is 6.31. The Balaban J connectivity index is 1.58. The standard InChI is InChI=1S/C15H18ClN3O/c1-10-9-11(4-7-13(10)16)15-19-18-14(20-15)3-2-8-17-12-5-6-12/h4,7,9,12,17H,2-3,5-6,8H2,1H3. The van der Waals surface area contributed by atoms with Crippen LogP contribution in [0.2, 0.25) is 5.02 Å². The Labute approximate surface area is 123 Å². The van der Waals surface area contributed by atoms with E-state index in [1.165, 1.54) is 12.8 Å². The normalized spacial score (nSPS) is 14.7. The first-order valence-electron chi connectivity index (χ1n) is 7.04. The molecule has 2 aromatic rings. The average Bonchev–Trinajstić information content (AvgIpc) is 3.15. The zero-order valence-electron chi connectivity index (χ0n) is 11.5. The van der Waals surface area contributed by atoms with Gasteiger partial charge in [-0.25, -0.2) is 0 Å². The van der Waals surface area contributed by atoms with E-state index in [1.807, 2.05) is 25.1 Å². The molecule has 0 atom stereocenters. The van der Waals surface area contributed by atoms with E-state index in [1.54, 1.807) is 0 Å². The van der Waals surface area contributed by atoms with Gasteiger partial charge in [-0.15, -0.1) is 10.2 Å². The second kappa shape index (κ2) is 5.94. The largest absolute Gasteiger partial charge is 0.421 e. The Kier molecular flexibility index (Phi) is 4.03. The molecule has 20 heavy (non-hydrogen) atoms. The van der Waals surface area contributed by atoms with Crippen LogP contribution in [0.3, 0.4) is 0 Å². The molecule has 1 N–H and O–H groups in total. The minimum absolute atomic E-state index is 0.565. The Morgan fingerprint density at radius 1 is 1.35 bits per heavy atom. The highest BCUT2D eigenvalue weighted by Gasteiger charge is 2.19. The van der Waals surface area contributed by atoms with Gasteiger partial charge in [0.2, 0.25) is 11.8 Å². The monoisotopic (exact) mass is 291 g/mol. The molecule has 0 amide bonds. The van der Waals surface area contributed by atoms with Crippen molar-refractivity contribution in [2.75, 3.05) is 6.54 Å². The number of aromatic nitrogens is 2. The van der Waals surface area contributed by atoms with Crippen LogP contribution in [-0.2, 0) is 6.42 Å². The van der Waals surface area contributed by atoms with Crippen LogP contribution in [0, 0.1) is 6.92 Å². The average molecular weight is 292 g/mol. The van der Waals surface area contributed by atoms with Crippen molar-refractivity contribution < 1.29 is 4.42 Å². The topological polar surface area (TPSA) is 51.0 Å². The van der Waals surface area contributed by atoms with Crippen molar-refractivity contribution in [3.8, 4) is 11.5 Å². The maximum Gasteiger partial charge on any atom is 0.247 e. The minimum Gasteiger partial charge on any atom is -0.421 e. The number of nitrogens with zero attached hydrogens (tertiary/aromatic N) is 2. The van der Waals surface area contributed by atoms with E-state index >= 15 is 0 Å². The molecule has 0 aliphatic heterocycles. The van der Waals surface area contributed by atoms with Crippen LogP contribution in [0.5, 0.6) is 0 Å². The van der Waals surface area contributed by atoms with Crippen molar-refractivity contribution in [1.29, 1.82) is 0 Å². The molecule has 0 spiro atoms. The van der Waals surface area contributed by atoms with Gasteiger partial charge in [0.25, 0.3) is 0 Å². The fourth-order valence-corrected chi connectivity index (χ4v) is 2.20. The summed E-state index contributed by atoms with van der Waals surface area (Å²) < 4.78 is 5.69. The van der Waals surface area contributed by atoms with Crippen LogP contribution >= 0.6 is 11.6 Å². The molecule has 1 fully saturated rings. The lowest BCUT2D eigenvalue weighted by molar-refractivity contribution is 0.491.